The molecule has 114 valence electrons. The highest BCUT2D eigenvalue weighted by Crippen LogP contribution is 2.28. The Hall–Kier alpha value is -1.46. The molecule has 3 nitrogen and oxygen atoms in total. The fourth-order valence-corrected chi connectivity index (χ4v) is 3.29. The molecule has 1 unspecified atom stereocenters. The van der Waals surface area contributed by atoms with Gasteiger partial charge in [-0.3, -0.25) is 0 Å². The Morgan fingerprint density at radius 1 is 1.14 bits per heavy atom. The highest BCUT2D eigenvalue weighted by molar-refractivity contribution is 7.90. The van der Waals surface area contributed by atoms with Gasteiger partial charge in [-0.25, -0.2) is 12.8 Å². The van der Waals surface area contributed by atoms with Gasteiger partial charge in [-0.05, 0) is 36.9 Å². The summed E-state index contributed by atoms with van der Waals surface area (Å²) in [7, 11) is -1.11. The standard InChI is InChI=1S/C16H20FNO2S/c1-18-16(8-5-11-21(2,19)20)14-9-10-15(17)13-7-4-3-6-12(13)14/h3-4,6-7,9-10,16,18H,5,8,11H2,1-2H3. The third-order valence-electron chi connectivity index (χ3n) is 3.64. The SMILES string of the molecule is CNC(CCCS(C)(=O)=O)c1ccc(F)c2ccccc12. The van der Waals surface area contributed by atoms with Gasteiger partial charge in [0.05, 0.1) is 0 Å². The predicted octanol–water partition coefficient (Wildman–Crippen LogP) is 3.06. The number of benzene rings is 2. The predicted molar refractivity (Wildman–Crippen MR) is 84.7 cm³/mol. The summed E-state index contributed by atoms with van der Waals surface area (Å²) in [6.07, 6.45) is 2.52. The van der Waals surface area contributed by atoms with Crippen molar-refractivity contribution in [2.24, 2.45) is 0 Å². The number of hydrogen-bond acceptors (Lipinski definition) is 3. The van der Waals surface area contributed by atoms with Gasteiger partial charge in [0.15, 0.2) is 0 Å². The van der Waals surface area contributed by atoms with Crippen LogP contribution in [0.15, 0.2) is 36.4 Å². The highest BCUT2D eigenvalue weighted by Gasteiger charge is 2.15. The Labute approximate surface area is 125 Å². The molecule has 0 bridgehead atoms. The number of fused-ring (bicyclic) bond motifs is 1. The third-order valence-corrected chi connectivity index (χ3v) is 4.67. The molecule has 0 spiro atoms. The molecular formula is C16H20FNO2S. The summed E-state index contributed by atoms with van der Waals surface area (Å²) in [6.45, 7) is 0. The molecule has 0 saturated heterocycles. The van der Waals surface area contributed by atoms with Crippen molar-refractivity contribution in [3.63, 3.8) is 0 Å². The molecular weight excluding hydrogens is 289 g/mol. The molecule has 0 aliphatic heterocycles. The lowest BCUT2D eigenvalue weighted by Crippen LogP contribution is -2.18. The largest absolute Gasteiger partial charge is 0.313 e. The van der Waals surface area contributed by atoms with Crippen LogP contribution >= 0.6 is 0 Å². The first-order chi connectivity index (χ1) is 9.92. The van der Waals surface area contributed by atoms with Gasteiger partial charge in [0, 0.05) is 23.4 Å². The molecule has 0 radical (unpaired) electrons. The highest BCUT2D eigenvalue weighted by atomic mass is 32.2. The lowest BCUT2D eigenvalue weighted by Gasteiger charge is -2.19. The molecule has 0 amide bonds. The topological polar surface area (TPSA) is 46.2 Å². The first-order valence-electron chi connectivity index (χ1n) is 6.94. The van der Waals surface area contributed by atoms with Crippen molar-refractivity contribution in [3.8, 4) is 0 Å². The first-order valence-corrected chi connectivity index (χ1v) is 9.00. The van der Waals surface area contributed by atoms with Crippen LogP contribution in [0, 0.1) is 5.82 Å². The molecule has 0 aliphatic rings. The van der Waals surface area contributed by atoms with Crippen molar-refractivity contribution in [3.05, 3.63) is 47.8 Å². The van der Waals surface area contributed by atoms with Crippen molar-refractivity contribution in [2.75, 3.05) is 19.1 Å². The maximum Gasteiger partial charge on any atom is 0.147 e. The monoisotopic (exact) mass is 309 g/mol. The van der Waals surface area contributed by atoms with Crippen LogP contribution in [0.5, 0.6) is 0 Å². The maximum atomic E-state index is 13.8. The lowest BCUT2D eigenvalue weighted by atomic mass is 9.96. The minimum absolute atomic E-state index is 0.0113. The van der Waals surface area contributed by atoms with Gasteiger partial charge in [-0.15, -0.1) is 0 Å². The molecule has 1 N–H and O–H groups in total. The molecule has 1 atom stereocenters. The molecule has 21 heavy (non-hydrogen) atoms. The molecule has 2 aromatic carbocycles. The number of sulfone groups is 1. The maximum absolute atomic E-state index is 13.8. The Morgan fingerprint density at radius 2 is 1.81 bits per heavy atom. The average Bonchev–Trinajstić information content (AvgIpc) is 2.44. The number of hydrogen-bond donors (Lipinski definition) is 1. The molecule has 5 heteroatoms. The van der Waals surface area contributed by atoms with Crippen LogP contribution in [0.2, 0.25) is 0 Å². The fraction of sp³-hybridized carbons (Fsp3) is 0.375. The fourth-order valence-electron chi connectivity index (χ4n) is 2.59. The van der Waals surface area contributed by atoms with E-state index < -0.39 is 9.84 Å². The minimum Gasteiger partial charge on any atom is -0.313 e. The lowest BCUT2D eigenvalue weighted by molar-refractivity contribution is 0.538. The molecule has 0 aliphatic carbocycles. The zero-order chi connectivity index (χ0) is 15.5. The second-order valence-corrected chi connectivity index (χ2v) is 7.56. The second-order valence-electron chi connectivity index (χ2n) is 5.30. The van der Waals surface area contributed by atoms with Crippen LogP contribution in [0.3, 0.4) is 0 Å². The van der Waals surface area contributed by atoms with E-state index in [1.165, 1.54) is 12.3 Å². The van der Waals surface area contributed by atoms with Gasteiger partial charge in [0.25, 0.3) is 0 Å². The van der Waals surface area contributed by atoms with Crippen LogP contribution < -0.4 is 5.32 Å². The van der Waals surface area contributed by atoms with E-state index in [1.54, 1.807) is 12.1 Å². The van der Waals surface area contributed by atoms with E-state index in [1.807, 2.05) is 25.2 Å². The van der Waals surface area contributed by atoms with E-state index in [9.17, 15) is 12.8 Å². The Bertz CT molecular complexity index is 728. The Morgan fingerprint density at radius 3 is 2.43 bits per heavy atom. The summed E-state index contributed by atoms with van der Waals surface area (Å²) in [6, 6.07) is 10.6. The van der Waals surface area contributed by atoms with Crippen molar-refractivity contribution in [1.82, 2.24) is 5.32 Å². The van der Waals surface area contributed by atoms with Crippen LogP contribution in [0.25, 0.3) is 10.8 Å². The third kappa shape index (κ3) is 4.02. The number of rotatable bonds is 6. The van der Waals surface area contributed by atoms with E-state index in [-0.39, 0.29) is 17.6 Å². The van der Waals surface area contributed by atoms with Gasteiger partial charge in [-0.2, -0.15) is 0 Å². The molecule has 0 aromatic heterocycles. The molecule has 2 aromatic rings. The molecule has 0 heterocycles. The van der Waals surface area contributed by atoms with Crippen LogP contribution in [-0.2, 0) is 9.84 Å². The van der Waals surface area contributed by atoms with Crippen LogP contribution in [-0.4, -0.2) is 27.5 Å². The Kier molecular flexibility index (Phi) is 4.96. The van der Waals surface area contributed by atoms with Gasteiger partial charge >= 0.3 is 0 Å². The van der Waals surface area contributed by atoms with E-state index in [0.29, 0.717) is 18.2 Å². The van der Waals surface area contributed by atoms with Crippen LogP contribution in [0.4, 0.5) is 4.39 Å². The van der Waals surface area contributed by atoms with Gasteiger partial charge in [0.2, 0.25) is 0 Å². The molecule has 2 rings (SSSR count). The van der Waals surface area contributed by atoms with E-state index in [0.717, 1.165) is 10.9 Å². The summed E-state index contributed by atoms with van der Waals surface area (Å²) in [4.78, 5) is 0. The normalized spacial score (nSPS) is 13.5. The summed E-state index contributed by atoms with van der Waals surface area (Å²) >= 11 is 0. The smallest absolute Gasteiger partial charge is 0.147 e. The molecule has 0 saturated carbocycles. The minimum atomic E-state index is -2.95. The van der Waals surface area contributed by atoms with Crippen molar-refractivity contribution >= 4 is 20.6 Å². The first kappa shape index (κ1) is 15.9. The summed E-state index contributed by atoms with van der Waals surface area (Å²) in [5, 5.41) is 4.67. The average molecular weight is 309 g/mol. The summed E-state index contributed by atoms with van der Waals surface area (Å²) < 4.78 is 36.3. The summed E-state index contributed by atoms with van der Waals surface area (Å²) in [5.41, 5.74) is 1.00. The van der Waals surface area contributed by atoms with Crippen molar-refractivity contribution < 1.29 is 12.8 Å². The quantitative estimate of drug-likeness (QED) is 0.892. The van der Waals surface area contributed by atoms with Crippen molar-refractivity contribution in [1.29, 1.82) is 0 Å². The number of nitrogens with one attached hydrogen (secondary N) is 1. The van der Waals surface area contributed by atoms with Gasteiger partial charge in [-0.1, -0.05) is 30.3 Å². The van der Waals surface area contributed by atoms with Gasteiger partial charge in [0.1, 0.15) is 15.7 Å². The molecule has 0 fully saturated rings. The van der Waals surface area contributed by atoms with Crippen LogP contribution in [0.1, 0.15) is 24.4 Å². The second kappa shape index (κ2) is 6.54. The number of halogens is 1. The van der Waals surface area contributed by atoms with Gasteiger partial charge < -0.3 is 5.32 Å². The zero-order valence-electron chi connectivity index (χ0n) is 12.3. The van der Waals surface area contributed by atoms with E-state index in [4.69, 9.17) is 0 Å². The zero-order valence-corrected chi connectivity index (χ0v) is 13.1. The summed E-state index contributed by atoms with van der Waals surface area (Å²) in [5.74, 6) is -0.0649. The van der Waals surface area contributed by atoms with E-state index >= 15 is 0 Å². The van der Waals surface area contributed by atoms with Crippen molar-refractivity contribution in [2.45, 2.75) is 18.9 Å². The Balaban J connectivity index is 2.28. The van der Waals surface area contributed by atoms with E-state index in [2.05, 4.69) is 5.32 Å².